The molecule has 9 nitrogen and oxygen atoms in total. The highest BCUT2D eigenvalue weighted by Gasteiger charge is 2.27. The highest BCUT2D eigenvalue weighted by Crippen LogP contribution is 2.38. The number of likely N-dealkylation sites (N-methyl/N-ethyl adjacent to an activating group) is 1. The number of allylic oxidation sites excluding steroid dienone is 13. The lowest BCUT2D eigenvalue weighted by Crippen LogP contribution is -2.47. The number of phosphoric acid groups is 1. The third kappa shape index (κ3) is 59.6. The van der Waals surface area contributed by atoms with Crippen LogP contribution in [-0.2, 0) is 27.9 Å². The smallest absolute Gasteiger partial charge is 0.306 e. The number of unbranched alkanes of at least 4 members (excludes halogenated alkanes) is 31. The van der Waals surface area contributed by atoms with Gasteiger partial charge in [-0.05, 0) is 102 Å². The quantitative estimate of drug-likeness (QED) is 0.0212. The van der Waals surface area contributed by atoms with Crippen molar-refractivity contribution in [2.75, 3.05) is 40.9 Å². The molecule has 0 aliphatic heterocycles. The van der Waals surface area contributed by atoms with Crippen LogP contribution in [0.3, 0.4) is 0 Å². The average molecular weight is 1130 g/mol. The molecule has 10 heteroatoms. The first-order valence-corrected chi connectivity index (χ1v) is 34.4. The lowest BCUT2D eigenvalue weighted by molar-refractivity contribution is -0.870. The Balaban J connectivity index is 5.16. The minimum absolute atomic E-state index is 0.0273. The van der Waals surface area contributed by atoms with Gasteiger partial charge in [0, 0.05) is 12.8 Å². The van der Waals surface area contributed by atoms with Crippen LogP contribution >= 0.6 is 7.82 Å². The minimum atomic E-state index is -4.71. The molecule has 1 N–H and O–H groups in total. The van der Waals surface area contributed by atoms with E-state index in [4.69, 9.17) is 13.8 Å². The summed E-state index contributed by atoms with van der Waals surface area (Å²) in [4.78, 5) is 40.1. The van der Waals surface area contributed by atoms with Crippen molar-refractivity contribution < 1.29 is 37.3 Å². The van der Waals surface area contributed by atoms with Crippen LogP contribution in [0.4, 0.5) is 0 Å². The largest absolute Gasteiger partial charge is 0.756 e. The van der Waals surface area contributed by atoms with Gasteiger partial charge in [-0.25, -0.2) is 0 Å². The highest BCUT2D eigenvalue weighted by molar-refractivity contribution is 7.45. The molecule has 79 heavy (non-hydrogen) atoms. The van der Waals surface area contributed by atoms with E-state index in [2.05, 4.69) is 99.0 Å². The fraction of sp³-hybridized carbons (Fsp3) is 0.768. The minimum Gasteiger partial charge on any atom is -0.756 e. The first-order valence-electron chi connectivity index (χ1n) is 32.9. The van der Waals surface area contributed by atoms with Gasteiger partial charge in [-0.2, -0.15) is 0 Å². The van der Waals surface area contributed by atoms with E-state index in [0.717, 1.165) is 122 Å². The number of hydrogen-bond donors (Lipinski definition) is 1. The lowest BCUT2D eigenvalue weighted by Gasteiger charge is -2.30. The number of hydrogen-bond acceptors (Lipinski definition) is 7. The summed E-state index contributed by atoms with van der Waals surface area (Å²) in [6.45, 7) is 6.73. The van der Waals surface area contributed by atoms with Crippen molar-refractivity contribution in [3.05, 3.63) is 85.1 Å². The Morgan fingerprint density at radius 2 is 0.810 bits per heavy atom. The number of phosphoric ester groups is 1. The van der Waals surface area contributed by atoms with Crippen molar-refractivity contribution in [1.82, 2.24) is 5.32 Å². The molecule has 0 saturated carbocycles. The Labute approximate surface area is 488 Å². The Hall–Kier alpha value is -2.81. The third-order valence-electron chi connectivity index (χ3n) is 14.3. The first-order chi connectivity index (χ1) is 38.4. The Kier molecular flexibility index (Phi) is 56.3. The molecule has 0 fully saturated rings. The first kappa shape index (κ1) is 76.2. The molecule has 0 radical (unpaired) electrons. The van der Waals surface area contributed by atoms with Crippen molar-refractivity contribution in [2.24, 2.45) is 0 Å². The van der Waals surface area contributed by atoms with Gasteiger partial charge in [0.15, 0.2) is 0 Å². The molecule has 458 valence electrons. The highest BCUT2D eigenvalue weighted by atomic mass is 31.2. The molecule has 0 bridgehead atoms. The number of carbonyl (C=O) groups excluding carboxylic acids is 2. The second-order valence-electron chi connectivity index (χ2n) is 23.2. The molecule has 3 atom stereocenters. The maximum absolute atomic E-state index is 13.5. The summed E-state index contributed by atoms with van der Waals surface area (Å²) in [7, 11) is 1.17. The predicted molar refractivity (Wildman–Crippen MR) is 339 cm³/mol. The van der Waals surface area contributed by atoms with E-state index in [9.17, 15) is 19.0 Å². The van der Waals surface area contributed by atoms with Crippen molar-refractivity contribution in [2.45, 2.75) is 303 Å². The van der Waals surface area contributed by atoms with Crippen molar-refractivity contribution >= 4 is 19.7 Å². The summed E-state index contributed by atoms with van der Waals surface area (Å²) in [5.74, 6) is -0.555. The maximum Gasteiger partial charge on any atom is 0.306 e. The molecule has 0 rings (SSSR count). The molecule has 1 amide bonds. The van der Waals surface area contributed by atoms with Crippen LogP contribution in [0.25, 0.3) is 0 Å². The van der Waals surface area contributed by atoms with E-state index in [1.807, 2.05) is 33.3 Å². The topological polar surface area (TPSA) is 114 Å². The van der Waals surface area contributed by atoms with Crippen LogP contribution < -0.4 is 10.2 Å². The van der Waals surface area contributed by atoms with Gasteiger partial charge in [-0.1, -0.05) is 260 Å². The van der Waals surface area contributed by atoms with E-state index in [1.165, 1.54) is 135 Å². The van der Waals surface area contributed by atoms with Crippen molar-refractivity contribution in [3.63, 3.8) is 0 Å². The zero-order chi connectivity index (χ0) is 57.9. The molecular formula is C69H125N2O7P. The summed E-state index contributed by atoms with van der Waals surface area (Å²) < 4.78 is 30.4. The van der Waals surface area contributed by atoms with Gasteiger partial charge in [-0.3, -0.25) is 14.2 Å². The number of nitrogens with one attached hydrogen (secondary N) is 1. The summed E-state index contributed by atoms with van der Waals surface area (Å²) in [6.07, 6.45) is 76.9. The molecule has 0 aromatic carbocycles. The maximum atomic E-state index is 13.5. The predicted octanol–water partition coefficient (Wildman–Crippen LogP) is 19.9. The average Bonchev–Trinajstić information content (AvgIpc) is 3.41. The number of amides is 1. The summed E-state index contributed by atoms with van der Waals surface area (Å²) in [5, 5.41) is 3.03. The monoisotopic (exact) mass is 1120 g/mol. The molecule has 0 aliphatic rings. The molecule has 0 saturated heterocycles. The van der Waals surface area contributed by atoms with Gasteiger partial charge in [0.05, 0.1) is 33.8 Å². The van der Waals surface area contributed by atoms with E-state index in [0.29, 0.717) is 17.4 Å². The zero-order valence-corrected chi connectivity index (χ0v) is 53.2. The fourth-order valence-electron chi connectivity index (χ4n) is 9.25. The second-order valence-corrected chi connectivity index (χ2v) is 24.6. The van der Waals surface area contributed by atoms with Gasteiger partial charge in [0.1, 0.15) is 19.3 Å². The van der Waals surface area contributed by atoms with E-state index < -0.39 is 26.6 Å². The van der Waals surface area contributed by atoms with Crippen LogP contribution in [0.15, 0.2) is 85.1 Å². The standard InChI is InChI=1S/C69H125N2O7P/c1-7-10-13-16-19-22-25-28-30-32-33-34-35-36-37-38-39-40-42-44-47-50-53-56-59-62-69(73)78-67(60-57-54-51-48-45-27-24-21-18-15-12-9-3)66(65-77-79(74,75)76-64-63-71(4,5)6)70-68(72)61-58-55-52-49-46-43-41-31-29-26-23-20-17-14-11-8-2/h10,13,19,22,28,30-31,33-34,36-37,41,57,60,66-67H,7-9,11-12,14-18,20-21,23-27,29,32,35,38-40,42-56,58-59,61-65H2,1-6H3,(H-,70,72,74,75)/b13-10-,22-19-,30-28-,34-33-,37-36-,41-31+,60-57-. The Morgan fingerprint density at radius 1 is 0.456 bits per heavy atom. The van der Waals surface area contributed by atoms with Gasteiger partial charge in [-0.15, -0.1) is 0 Å². The SMILES string of the molecule is CC/C=C\C/C=C\C/C=C\C/C=C\C/C=C\CCCCCCCCCCCC(=O)OC(/C=C\CCCCCCCCCCCC)C(COP(=O)([O-])OCC[N+](C)(C)C)NC(=O)CCCCCCC/C=C/CCCCCCCCC. The van der Waals surface area contributed by atoms with Gasteiger partial charge < -0.3 is 28.5 Å². The number of rotatable bonds is 59. The molecule has 0 aliphatic carbocycles. The van der Waals surface area contributed by atoms with E-state index in [-0.39, 0.29) is 24.9 Å². The van der Waals surface area contributed by atoms with Gasteiger partial charge >= 0.3 is 5.97 Å². The number of ether oxygens (including phenoxy) is 1. The molecule has 0 spiro atoms. The van der Waals surface area contributed by atoms with Crippen LogP contribution in [0, 0.1) is 0 Å². The Bertz CT molecular complexity index is 1630. The van der Waals surface area contributed by atoms with Crippen LogP contribution in [0.2, 0.25) is 0 Å². The molecule has 0 heterocycles. The summed E-state index contributed by atoms with van der Waals surface area (Å²) in [6, 6.07) is -0.898. The lowest BCUT2D eigenvalue weighted by atomic mass is 10.0. The molecular weight excluding hydrogens is 1000 g/mol. The third-order valence-corrected chi connectivity index (χ3v) is 15.3. The number of nitrogens with zero attached hydrogens (tertiary/aromatic N) is 1. The number of carbonyl (C=O) groups is 2. The van der Waals surface area contributed by atoms with Crippen LogP contribution in [0.1, 0.15) is 290 Å². The zero-order valence-electron chi connectivity index (χ0n) is 52.3. The van der Waals surface area contributed by atoms with E-state index in [1.54, 1.807) is 0 Å². The van der Waals surface area contributed by atoms with Gasteiger partial charge in [0.25, 0.3) is 7.82 Å². The Morgan fingerprint density at radius 3 is 1.23 bits per heavy atom. The molecule has 0 aromatic heterocycles. The second kappa shape index (κ2) is 58.4. The number of esters is 1. The van der Waals surface area contributed by atoms with E-state index >= 15 is 0 Å². The summed E-state index contributed by atoms with van der Waals surface area (Å²) in [5.41, 5.74) is 0. The van der Waals surface area contributed by atoms with Gasteiger partial charge in [0.2, 0.25) is 5.91 Å². The van der Waals surface area contributed by atoms with Crippen molar-refractivity contribution in [3.8, 4) is 0 Å². The van der Waals surface area contributed by atoms with Crippen molar-refractivity contribution in [1.29, 1.82) is 0 Å². The molecule has 0 aromatic rings. The number of quaternary nitrogens is 1. The van der Waals surface area contributed by atoms with Crippen LogP contribution in [0.5, 0.6) is 0 Å². The van der Waals surface area contributed by atoms with Crippen LogP contribution in [-0.4, -0.2) is 69.4 Å². The summed E-state index contributed by atoms with van der Waals surface area (Å²) >= 11 is 0. The fourth-order valence-corrected chi connectivity index (χ4v) is 9.97. The molecule has 3 unspecified atom stereocenters. The normalized spacial score (nSPS) is 14.2.